The highest BCUT2D eigenvalue weighted by molar-refractivity contribution is 6.33. The average molecular weight is 789 g/mol. The maximum atomic E-state index is 15.4. The Labute approximate surface area is 332 Å². The minimum atomic E-state index is -1.61. The van der Waals surface area contributed by atoms with Crippen LogP contribution in [0.5, 0.6) is 5.75 Å². The van der Waals surface area contributed by atoms with Crippen molar-refractivity contribution < 1.29 is 33.0 Å². The number of carbonyl (C=O) groups is 4. The summed E-state index contributed by atoms with van der Waals surface area (Å²) >= 11 is 6.55. The quantitative estimate of drug-likeness (QED) is 0.136. The molecule has 14 heteroatoms. The first-order chi connectivity index (χ1) is 26.7. The maximum absolute atomic E-state index is 15.4. The fraction of sp³-hybridized carbons (Fsp3) is 0.405. The Morgan fingerprint density at radius 2 is 1.80 bits per heavy atom. The van der Waals surface area contributed by atoms with Crippen molar-refractivity contribution in [2.75, 3.05) is 58.4 Å². The molecule has 0 spiro atoms. The van der Waals surface area contributed by atoms with Crippen molar-refractivity contribution in [2.24, 2.45) is 11.0 Å². The minimum Gasteiger partial charge on any atom is -0.497 e. The van der Waals surface area contributed by atoms with Crippen LogP contribution < -0.4 is 10.1 Å². The number of anilines is 1. The summed E-state index contributed by atoms with van der Waals surface area (Å²) in [6, 6.07) is 11.3. The predicted molar refractivity (Wildman–Crippen MR) is 215 cm³/mol. The molecule has 5 rings (SSSR count). The summed E-state index contributed by atoms with van der Waals surface area (Å²) in [6.07, 6.45) is 5.45. The highest BCUT2D eigenvalue weighted by Crippen LogP contribution is 2.37. The molecular weight excluding hydrogens is 739 g/mol. The van der Waals surface area contributed by atoms with Gasteiger partial charge in [-0.1, -0.05) is 51.1 Å². The summed E-state index contributed by atoms with van der Waals surface area (Å²) in [5.74, 6) is -0.948. The van der Waals surface area contributed by atoms with Crippen molar-refractivity contribution in [3.63, 3.8) is 0 Å². The van der Waals surface area contributed by atoms with Crippen LogP contribution in [-0.2, 0) is 24.8 Å². The van der Waals surface area contributed by atoms with Crippen LogP contribution in [0, 0.1) is 5.92 Å². The van der Waals surface area contributed by atoms with Gasteiger partial charge in [0.05, 0.1) is 36.7 Å². The molecule has 3 aliphatic heterocycles. The summed E-state index contributed by atoms with van der Waals surface area (Å²) in [5, 5.41) is 9.00. The number of rotatable bonds is 13. The van der Waals surface area contributed by atoms with Gasteiger partial charge in [-0.2, -0.15) is 10.1 Å². The lowest BCUT2D eigenvalue weighted by molar-refractivity contribution is -0.131. The molecule has 0 radical (unpaired) electrons. The van der Waals surface area contributed by atoms with E-state index < -0.39 is 17.5 Å². The van der Waals surface area contributed by atoms with E-state index >= 15 is 4.39 Å². The van der Waals surface area contributed by atoms with Gasteiger partial charge in [0.25, 0.3) is 5.91 Å². The monoisotopic (exact) mass is 788 g/mol. The third-order valence-corrected chi connectivity index (χ3v) is 10.7. The van der Waals surface area contributed by atoms with Crippen molar-refractivity contribution in [3.05, 3.63) is 106 Å². The van der Waals surface area contributed by atoms with Crippen molar-refractivity contribution >= 4 is 46.5 Å². The highest BCUT2D eigenvalue weighted by Gasteiger charge is 2.40. The predicted octanol–water partition coefficient (Wildman–Crippen LogP) is 6.67. The van der Waals surface area contributed by atoms with E-state index in [0.29, 0.717) is 78.8 Å². The number of nitrogens with one attached hydrogen (secondary N) is 1. The van der Waals surface area contributed by atoms with Crippen LogP contribution in [0.3, 0.4) is 0 Å². The summed E-state index contributed by atoms with van der Waals surface area (Å²) < 4.78 is 26.0. The van der Waals surface area contributed by atoms with Crippen LogP contribution in [0.4, 0.5) is 10.1 Å². The third-order valence-electron chi connectivity index (χ3n) is 10.4. The fourth-order valence-corrected chi connectivity index (χ4v) is 6.84. The second-order valence-electron chi connectivity index (χ2n) is 14.2. The normalized spacial score (nSPS) is 18.1. The number of hydrazone groups is 1. The number of hydrogen-bond acceptors (Lipinski definition) is 9. The number of amides is 3. The van der Waals surface area contributed by atoms with Gasteiger partial charge in [-0.3, -0.25) is 19.2 Å². The van der Waals surface area contributed by atoms with E-state index in [1.54, 1.807) is 67.2 Å². The summed E-state index contributed by atoms with van der Waals surface area (Å²) in [7, 11) is 1.54. The molecule has 0 aromatic heterocycles. The average Bonchev–Trinajstić information content (AvgIpc) is 3.20. The first kappa shape index (κ1) is 41.9. The largest absolute Gasteiger partial charge is 0.497 e. The fourth-order valence-electron chi connectivity index (χ4n) is 6.62. The molecule has 2 aromatic rings. The lowest BCUT2D eigenvalue weighted by Gasteiger charge is -2.44. The van der Waals surface area contributed by atoms with Crippen LogP contribution in [-0.4, -0.2) is 102 Å². The van der Waals surface area contributed by atoms with Crippen LogP contribution in [0.25, 0.3) is 0 Å². The number of alkyl halides is 1. The van der Waals surface area contributed by atoms with E-state index in [9.17, 15) is 19.2 Å². The minimum absolute atomic E-state index is 0.193. The molecule has 3 amide bonds. The number of hydrogen-bond donors (Lipinski definition) is 1. The number of methoxy groups -OCH3 is 1. The van der Waals surface area contributed by atoms with Crippen molar-refractivity contribution in [1.29, 1.82) is 0 Å². The first-order valence-electron chi connectivity index (χ1n) is 18.7. The molecule has 298 valence electrons. The zero-order valence-corrected chi connectivity index (χ0v) is 33.6. The summed E-state index contributed by atoms with van der Waals surface area (Å²) in [6.45, 7) is 14.9. The molecular formula is C42H50ClFN6O6. The number of allylic oxidation sites excluding steroid dienone is 2. The van der Waals surface area contributed by atoms with Crippen molar-refractivity contribution in [1.82, 2.24) is 19.7 Å². The van der Waals surface area contributed by atoms with E-state index in [1.807, 2.05) is 24.8 Å². The van der Waals surface area contributed by atoms with Gasteiger partial charge in [-0.15, -0.1) is 0 Å². The summed E-state index contributed by atoms with van der Waals surface area (Å²) in [4.78, 5) is 59.2. The number of ketones is 1. The number of benzene rings is 2. The molecule has 1 fully saturated rings. The topological polar surface area (TPSA) is 124 Å². The Kier molecular flexibility index (Phi) is 13.6. The zero-order valence-electron chi connectivity index (χ0n) is 32.9. The number of ether oxygens (including phenoxy) is 2. The molecule has 1 N–H and O–H groups in total. The van der Waals surface area contributed by atoms with E-state index in [-0.39, 0.29) is 48.1 Å². The van der Waals surface area contributed by atoms with Gasteiger partial charge >= 0.3 is 0 Å². The van der Waals surface area contributed by atoms with Gasteiger partial charge < -0.3 is 29.5 Å². The van der Waals surface area contributed by atoms with Crippen molar-refractivity contribution in [3.8, 4) is 5.75 Å². The van der Waals surface area contributed by atoms with Gasteiger partial charge in [0, 0.05) is 43.5 Å². The first-order valence-corrected chi connectivity index (χ1v) is 19.1. The van der Waals surface area contributed by atoms with Crippen molar-refractivity contribution in [2.45, 2.75) is 53.1 Å². The van der Waals surface area contributed by atoms with Gasteiger partial charge in [-0.25, -0.2) is 4.39 Å². The van der Waals surface area contributed by atoms with Crippen LogP contribution in [0.2, 0.25) is 5.02 Å². The Balaban J connectivity index is 1.37. The second kappa shape index (κ2) is 18.1. The molecule has 0 aliphatic carbocycles. The Morgan fingerprint density at radius 1 is 1.11 bits per heavy atom. The second-order valence-corrected chi connectivity index (χ2v) is 14.6. The summed E-state index contributed by atoms with van der Waals surface area (Å²) in [5.41, 5.74) is 2.01. The molecule has 1 atom stereocenters. The van der Waals surface area contributed by atoms with Crippen LogP contribution in [0.1, 0.15) is 63.4 Å². The Hall–Kier alpha value is -5.27. The number of halogens is 2. The smallest absolute Gasteiger partial charge is 0.298 e. The molecule has 2 aromatic carbocycles. The van der Waals surface area contributed by atoms with E-state index in [4.69, 9.17) is 26.2 Å². The number of piperazine rings is 1. The number of carbonyl (C=O) groups excluding carboxylic acids is 4. The van der Waals surface area contributed by atoms with Crippen LogP contribution in [0.15, 0.2) is 95.2 Å². The van der Waals surface area contributed by atoms with E-state index in [1.165, 1.54) is 30.2 Å². The van der Waals surface area contributed by atoms with E-state index in [0.717, 1.165) is 5.57 Å². The lowest BCUT2D eigenvalue weighted by atomic mass is 9.87. The Morgan fingerprint density at radius 3 is 2.39 bits per heavy atom. The molecule has 0 bridgehead atoms. The van der Waals surface area contributed by atoms with Gasteiger partial charge in [-0.05, 0) is 86.2 Å². The molecule has 1 saturated heterocycles. The van der Waals surface area contributed by atoms with Gasteiger partial charge in [0.2, 0.25) is 11.8 Å². The molecule has 0 saturated carbocycles. The standard InChI is InChI=1S/C42H50ClFN6O6/c1-8-36-40(48-21-19-47(20-22-48)39(53)16-15-37(51)31-9-12-33(55-7)13-10-31)41(54)50(46-28(4)30-17-23-56-24-18-30)29(5)49(36)26-38(52)45-35-14-11-32(25-34(35)43)42(6,44)27(2)3/h9-17,25,27H,5,8,18-24,26H2,1-4,6-7H3,(H,45,52)/b16-15+,46-28+. The molecule has 3 heterocycles. The molecule has 56 heavy (non-hydrogen) atoms. The number of nitrogens with zero attached hydrogens (tertiary/aromatic N) is 5. The maximum Gasteiger partial charge on any atom is 0.298 e. The lowest BCUT2D eigenvalue weighted by Crippen LogP contribution is -2.54. The van der Waals surface area contributed by atoms with E-state index in [2.05, 4.69) is 11.9 Å². The van der Waals surface area contributed by atoms with Gasteiger partial charge in [0.1, 0.15) is 29.5 Å². The van der Waals surface area contributed by atoms with Gasteiger partial charge in [0.15, 0.2) is 5.78 Å². The molecule has 1 unspecified atom stereocenters. The third kappa shape index (κ3) is 9.39. The SMILES string of the molecule is C=C1N(CC(=O)Nc2ccc(C(C)(F)C(C)C)cc2Cl)C(CC)=C(N2CCN(C(=O)/C=C/C(=O)c3ccc(OC)cc3)CC2)C(=O)N1/N=C(\C)C1=CCOCC1. The highest BCUT2D eigenvalue weighted by atomic mass is 35.5. The molecule has 3 aliphatic rings. The zero-order chi connectivity index (χ0) is 40.7. The molecule has 12 nitrogen and oxygen atoms in total. The van der Waals surface area contributed by atoms with Crippen LogP contribution >= 0.6 is 11.6 Å². The Bertz CT molecular complexity index is 1980.